The first kappa shape index (κ1) is 12.5. The molecular weight excluding hydrogens is 234 g/mol. The first-order valence-electron chi connectivity index (χ1n) is 6.07. The monoisotopic (exact) mass is 253 g/mol. The van der Waals surface area contributed by atoms with E-state index in [1.54, 1.807) is 11.3 Å². The Labute approximate surface area is 106 Å². The van der Waals surface area contributed by atoms with E-state index in [0.717, 1.165) is 23.2 Å². The van der Waals surface area contributed by atoms with Crippen LogP contribution in [-0.4, -0.2) is 24.0 Å². The van der Waals surface area contributed by atoms with Crippen LogP contribution >= 0.6 is 11.3 Å². The van der Waals surface area contributed by atoms with E-state index < -0.39 is 0 Å². The van der Waals surface area contributed by atoms with Gasteiger partial charge in [0.25, 0.3) is 0 Å². The summed E-state index contributed by atoms with van der Waals surface area (Å²) in [7, 11) is 0. The second kappa shape index (κ2) is 5.60. The Kier molecular flexibility index (Phi) is 4.12. The van der Waals surface area contributed by atoms with Crippen LogP contribution in [0.1, 0.15) is 36.5 Å². The molecule has 1 fully saturated rings. The standard InChI is InChI=1S/C12H19N3OS/c1-8-7-17-12(14-8)9(2)15-11(16)6-13-5-10-3-4-10/h7,9-10,13H,3-6H2,1-2H3,(H,15,16). The van der Waals surface area contributed by atoms with Gasteiger partial charge in [0.2, 0.25) is 5.91 Å². The molecule has 0 aromatic carbocycles. The molecule has 4 nitrogen and oxygen atoms in total. The lowest BCUT2D eigenvalue weighted by Crippen LogP contribution is -2.36. The van der Waals surface area contributed by atoms with Crippen LogP contribution in [0.5, 0.6) is 0 Å². The molecule has 5 heteroatoms. The first-order chi connectivity index (χ1) is 8.15. The zero-order chi connectivity index (χ0) is 12.3. The van der Waals surface area contributed by atoms with E-state index in [2.05, 4.69) is 15.6 Å². The van der Waals surface area contributed by atoms with E-state index in [1.807, 2.05) is 19.2 Å². The minimum Gasteiger partial charge on any atom is -0.346 e. The number of nitrogens with one attached hydrogen (secondary N) is 2. The van der Waals surface area contributed by atoms with Crippen molar-refractivity contribution in [1.82, 2.24) is 15.6 Å². The Morgan fingerprint density at radius 2 is 2.41 bits per heavy atom. The number of aryl methyl sites for hydroxylation is 1. The zero-order valence-electron chi connectivity index (χ0n) is 10.3. The summed E-state index contributed by atoms with van der Waals surface area (Å²) in [6, 6.07) is 0.00363. The fourth-order valence-corrected chi connectivity index (χ4v) is 2.44. The quantitative estimate of drug-likeness (QED) is 0.810. The summed E-state index contributed by atoms with van der Waals surface area (Å²) in [5, 5.41) is 9.10. The molecule has 0 aliphatic heterocycles. The van der Waals surface area contributed by atoms with Crippen molar-refractivity contribution in [3.05, 3.63) is 16.1 Å². The maximum absolute atomic E-state index is 11.6. The second-order valence-corrected chi connectivity index (χ2v) is 5.58. The van der Waals surface area contributed by atoms with Crippen molar-refractivity contribution in [2.24, 2.45) is 5.92 Å². The van der Waals surface area contributed by atoms with E-state index in [4.69, 9.17) is 0 Å². The Balaban J connectivity index is 1.69. The van der Waals surface area contributed by atoms with Gasteiger partial charge in [0.1, 0.15) is 5.01 Å². The fourth-order valence-electron chi connectivity index (χ4n) is 1.64. The molecule has 1 aromatic heterocycles. The number of thiazole rings is 1. The lowest BCUT2D eigenvalue weighted by Gasteiger charge is -2.11. The van der Waals surface area contributed by atoms with Crippen molar-refractivity contribution in [3.8, 4) is 0 Å². The number of hydrogen-bond acceptors (Lipinski definition) is 4. The number of amides is 1. The largest absolute Gasteiger partial charge is 0.346 e. The molecule has 1 amide bonds. The topological polar surface area (TPSA) is 54.0 Å². The second-order valence-electron chi connectivity index (χ2n) is 4.69. The molecule has 1 atom stereocenters. The molecule has 2 N–H and O–H groups in total. The van der Waals surface area contributed by atoms with Crippen LogP contribution in [0.25, 0.3) is 0 Å². The van der Waals surface area contributed by atoms with Gasteiger partial charge in [-0.3, -0.25) is 4.79 Å². The van der Waals surface area contributed by atoms with Gasteiger partial charge in [-0.15, -0.1) is 11.3 Å². The van der Waals surface area contributed by atoms with E-state index in [-0.39, 0.29) is 11.9 Å². The predicted molar refractivity (Wildman–Crippen MR) is 69.0 cm³/mol. The molecule has 1 saturated carbocycles. The molecule has 94 valence electrons. The highest BCUT2D eigenvalue weighted by atomic mass is 32.1. The Bertz CT molecular complexity index is 387. The molecular formula is C12H19N3OS. The maximum Gasteiger partial charge on any atom is 0.234 e. The van der Waals surface area contributed by atoms with Gasteiger partial charge >= 0.3 is 0 Å². The molecule has 1 heterocycles. The first-order valence-corrected chi connectivity index (χ1v) is 6.95. The van der Waals surface area contributed by atoms with Crippen LogP contribution < -0.4 is 10.6 Å². The SMILES string of the molecule is Cc1csc(C(C)NC(=O)CNCC2CC2)n1. The summed E-state index contributed by atoms with van der Waals surface area (Å²) >= 11 is 1.59. The summed E-state index contributed by atoms with van der Waals surface area (Å²) in [5.41, 5.74) is 1.01. The molecule has 1 aromatic rings. The fraction of sp³-hybridized carbons (Fsp3) is 0.667. The maximum atomic E-state index is 11.6. The van der Waals surface area contributed by atoms with E-state index >= 15 is 0 Å². The Hall–Kier alpha value is -0.940. The van der Waals surface area contributed by atoms with Crippen LogP contribution in [0.2, 0.25) is 0 Å². The number of rotatable bonds is 6. The van der Waals surface area contributed by atoms with Crippen LogP contribution in [0.3, 0.4) is 0 Å². The minimum absolute atomic E-state index is 0.00363. The third-order valence-corrected chi connectivity index (χ3v) is 3.95. The van der Waals surface area contributed by atoms with Gasteiger partial charge in [-0.05, 0) is 39.2 Å². The van der Waals surface area contributed by atoms with Crippen LogP contribution in [0.4, 0.5) is 0 Å². The highest BCUT2D eigenvalue weighted by Crippen LogP contribution is 2.27. The molecule has 1 aliphatic rings. The Morgan fingerprint density at radius 1 is 1.65 bits per heavy atom. The van der Waals surface area contributed by atoms with Crippen molar-refractivity contribution < 1.29 is 4.79 Å². The molecule has 0 radical (unpaired) electrons. The van der Waals surface area contributed by atoms with Gasteiger partial charge in [0, 0.05) is 11.1 Å². The lowest BCUT2D eigenvalue weighted by atomic mass is 10.3. The van der Waals surface area contributed by atoms with E-state index in [9.17, 15) is 4.79 Å². The zero-order valence-corrected chi connectivity index (χ0v) is 11.1. The highest BCUT2D eigenvalue weighted by molar-refractivity contribution is 7.09. The van der Waals surface area contributed by atoms with Gasteiger partial charge in [-0.2, -0.15) is 0 Å². The third kappa shape index (κ3) is 4.09. The van der Waals surface area contributed by atoms with Crippen molar-refractivity contribution in [2.75, 3.05) is 13.1 Å². The molecule has 1 aliphatic carbocycles. The van der Waals surface area contributed by atoms with Gasteiger partial charge in [-0.1, -0.05) is 0 Å². The molecule has 0 spiro atoms. The normalized spacial score (nSPS) is 16.8. The molecule has 1 unspecified atom stereocenters. The van der Waals surface area contributed by atoms with Gasteiger partial charge in [0.05, 0.1) is 12.6 Å². The summed E-state index contributed by atoms with van der Waals surface area (Å²) < 4.78 is 0. The molecule has 0 saturated heterocycles. The average Bonchev–Trinajstić information content (AvgIpc) is 2.99. The summed E-state index contributed by atoms with van der Waals surface area (Å²) in [4.78, 5) is 16.0. The van der Waals surface area contributed by atoms with Gasteiger partial charge in [-0.25, -0.2) is 4.98 Å². The number of aromatic nitrogens is 1. The number of carbonyl (C=O) groups excluding carboxylic acids is 1. The van der Waals surface area contributed by atoms with Crippen LogP contribution in [0.15, 0.2) is 5.38 Å². The van der Waals surface area contributed by atoms with E-state index in [1.165, 1.54) is 12.8 Å². The number of hydrogen-bond donors (Lipinski definition) is 2. The van der Waals surface area contributed by atoms with Crippen molar-refractivity contribution >= 4 is 17.2 Å². The predicted octanol–water partition coefficient (Wildman–Crippen LogP) is 1.63. The third-order valence-electron chi connectivity index (χ3n) is 2.80. The van der Waals surface area contributed by atoms with Crippen molar-refractivity contribution in [2.45, 2.75) is 32.7 Å². The summed E-state index contributed by atoms with van der Waals surface area (Å²) in [6.45, 7) is 5.31. The molecule has 2 rings (SSSR count). The summed E-state index contributed by atoms with van der Waals surface area (Å²) in [6.07, 6.45) is 2.62. The van der Waals surface area contributed by atoms with E-state index in [0.29, 0.717) is 6.54 Å². The van der Waals surface area contributed by atoms with Crippen molar-refractivity contribution in [3.63, 3.8) is 0 Å². The Morgan fingerprint density at radius 3 is 3.00 bits per heavy atom. The van der Waals surface area contributed by atoms with Crippen molar-refractivity contribution in [1.29, 1.82) is 0 Å². The molecule has 17 heavy (non-hydrogen) atoms. The van der Waals surface area contributed by atoms with Crippen LogP contribution in [-0.2, 0) is 4.79 Å². The summed E-state index contributed by atoms with van der Waals surface area (Å²) in [5.74, 6) is 0.854. The lowest BCUT2D eigenvalue weighted by molar-refractivity contribution is -0.120. The number of carbonyl (C=O) groups is 1. The van der Waals surface area contributed by atoms with Gasteiger partial charge < -0.3 is 10.6 Å². The smallest absolute Gasteiger partial charge is 0.234 e. The highest BCUT2D eigenvalue weighted by Gasteiger charge is 2.20. The number of nitrogens with zero attached hydrogens (tertiary/aromatic N) is 1. The average molecular weight is 253 g/mol. The molecule has 0 bridgehead atoms. The minimum atomic E-state index is 0.00363. The van der Waals surface area contributed by atoms with Gasteiger partial charge in [0.15, 0.2) is 0 Å². The van der Waals surface area contributed by atoms with Crippen LogP contribution in [0, 0.1) is 12.8 Å².